The Balaban J connectivity index is 1.74. The van der Waals surface area contributed by atoms with Gasteiger partial charge in [-0.15, -0.1) is 6.42 Å². The Morgan fingerprint density at radius 2 is 2.00 bits per heavy atom. The summed E-state index contributed by atoms with van der Waals surface area (Å²) >= 11 is 1.34. The molecule has 0 saturated heterocycles. The van der Waals surface area contributed by atoms with E-state index in [0.717, 1.165) is 10.2 Å². The van der Waals surface area contributed by atoms with Crippen molar-refractivity contribution in [3.8, 4) is 35.3 Å². The minimum absolute atomic E-state index is 0.0982. The van der Waals surface area contributed by atoms with Gasteiger partial charge < -0.3 is 23.5 Å². The number of methoxy groups -OCH3 is 2. The second kappa shape index (κ2) is 7.89. The van der Waals surface area contributed by atoms with E-state index in [-0.39, 0.29) is 13.2 Å². The van der Waals surface area contributed by atoms with Gasteiger partial charge in [-0.2, -0.15) is 4.99 Å². The van der Waals surface area contributed by atoms with Crippen LogP contribution in [0, 0.1) is 12.3 Å². The summed E-state index contributed by atoms with van der Waals surface area (Å²) in [6, 6.07) is 10.9. The van der Waals surface area contributed by atoms with Crippen LogP contribution < -0.4 is 23.7 Å². The van der Waals surface area contributed by atoms with Crippen LogP contribution in [0.2, 0.25) is 0 Å². The third kappa shape index (κ3) is 3.52. The van der Waals surface area contributed by atoms with Crippen LogP contribution in [0.1, 0.15) is 0 Å². The summed E-state index contributed by atoms with van der Waals surface area (Å²) in [4.78, 5) is 17.5. The molecule has 148 valence electrons. The van der Waals surface area contributed by atoms with Gasteiger partial charge in [0.1, 0.15) is 6.61 Å². The van der Waals surface area contributed by atoms with Gasteiger partial charge in [0.15, 0.2) is 27.8 Å². The SMILES string of the molecule is C#CCn1c(=NC(=O)[C@H]2COc3ccccc3O2)sc2cc(OC)c(OC)cc21. The zero-order valence-electron chi connectivity index (χ0n) is 15.9. The summed E-state index contributed by atoms with van der Waals surface area (Å²) in [5.41, 5.74) is 0.809. The molecule has 1 aromatic heterocycles. The Morgan fingerprint density at radius 3 is 2.72 bits per heavy atom. The zero-order valence-corrected chi connectivity index (χ0v) is 16.7. The summed E-state index contributed by atoms with van der Waals surface area (Å²) in [6.07, 6.45) is 4.72. The van der Waals surface area contributed by atoms with Crippen molar-refractivity contribution in [1.82, 2.24) is 4.57 Å². The lowest BCUT2D eigenvalue weighted by Crippen LogP contribution is -2.36. The number of nitrogens with zero attached hydrogens (tertiary/aromatic N) is 2. The molecule has 1 atom stereocenters. The summed E-state index contributed by atoms with van der Waals surface area (Å²) in [6.45, 7) is 0.355. The number of para-hydroxylation sites is 2. The molecule has 3 aromatic rings. The van der Waals surface area contributed by atoms with E-state index < -0.39 is 12.0 Å². The number of aromatic nitrogens is 1. The molecule has 29 heavy (non-hydrogen) atoms. The molecule has 4 rings (SSSR count). The topological polar surface area (TPSA) is 71.3 Å². The van der Waals surface area contributed by atoms with Gasteiger partial charge in [-0.05, 0) is 12.1 Å². The molecular formula is C21H18N2O5S. The third-order valence-electron chi connectivity index (χ3n) is 4.43. The minimum Gasteiger partial charge on any atom is -0.493 e. The van der Waals surface area contributed by atoms with Crippen LogP contribution in [0.25, 0.3) is 10.2 Å². The Hall–Kier alpha value is -3.44. The van der Waals surface area contributed by atoms with Crippen LogP contribution in [0.3, 0.4) is 0 Å². The van der Waals surface area contributed by atoms with Gasteiger partial charge in [-0.3, -0.25) is 4.79 Å². The van der Waals surface area contributed by atoms with Crippen molar-refractivity contribution < 1.29 is 23.7 Å². The monoisotopic (exact) mass is 410 g/mol. The normalized spacial score (nSPS) is 15.8. The summed E-state index contributed by atoms with van der Waals surface area (Å²) in [5.74, 6) is 4.47. The Kier molecular flexibility index (Phi) is 5.14. The second-order valence-electron chi connectivity index (χ2n) is 6.16. The number of fused-ring (bicyclic) bond motifs is 2. The molecular weight excluding hydrogens is 392 g/mol. The number of carbonyl (C=O) groups excluding carboxylic acids is 1. The molecule has 8 heteroatoms. The highest BCUT2D eigenvalue weighted by Gasteiger charge is 2.27. The molecule has 1 aliphatic rings. The highest BCUT2D eigenvalue weighted by molar-refractivity contribution is 7.16. The molecule has 0 saturated carbocycles. The summed E-state index contributed by atoms with van der Waals surface area (Å²) in [7, 11) is 3.13. The average molecular weight is 410 g/mol. The standard InChI is InChI=1S/C21H18N2O5S/c1-4-9-23-13-10-16(25-2)17(26-3)11-19(13)29-21(23)22-20(24)18-12-27-14-7-5-6-8-15(14)28-18/h1,5-8,10-11,18H,9,12H2,2-3H3/t18-/m1/s1. The smallest absolute Gasteiger partial charge is 0.292 e. The Labute approximate surface area is 171 Å². The van der Waals surface area contributed by atoms with E-state index in [1.54, 1.807) is 30.9 Å². The van der Waals surface area contributed by atoms with Crippen molar-refractivity contribution in [2.45, 2.75) is 12.6 Å². The largest absolute Gasteiger partial charge is 0.493 e. The number of thiazole rings is 1. The predicted molar refractivity (Wildman–Crippen MR) is 109 cm³/mol. The van der Waals surface area contributed by atoms with Crippen molar-refractivity contribution in [3.05, 3.63) is 41.2 Å². The number of benzene rings is 2. The van der Waals surface area contributed by atoms with E-state index in [1.165, 1.54) is 11.3 Å². The van der Waals surface area contributed by atoms with E-state index in [9.17, 15) is 4.79 Å². The van der Waals surface area contributed by atoms with Crippen molar-refractivity contribution in [3.63, 3.8) is 0 Å². The van der Waals surface area contributed by atoms with Crippen molar-refractivity contribution in [1.29, 1.82) is 0 Å². The van der Waals surface area contributed by atoms with Gasteiger partial charge in [-0.25, -0.2) is 0 Å². The molecule has 0 spiro atoms. The number of rotatable bonds is 4. The van der Waals surface area contributed by atoms with Crippen LogP contribution in [0.4, 0.5) is 0 Å². The first-order valence-electron chi connectivity index (χ1n) is 8.80. The van der Waals surface area contributed by atoms with Crippen molar-refractivity contribution >= 4 is 27.5 Å². The lowest BCUT2D eigenvalue weighted by molar-refractivity contribution is -0.127. The fraction of sp³-hybridized carbons (Fsp3) is 0.238. The molecule has 1 amide bonds. The Bertz CT molecular complexity index is 1190. The highest BCUT2D eigenvalue weighted by atomic mass is 32.1. The van der Waals surface area contributed by atoms with E-state index in [2.05, 4.69) is 10.9 Å². The van der Waals surface area contributed by atoms with Crippen LogP contribution in [-0.4, -0.2) is 37.4 Å². The molecule has 1 aliphatic heterocycles. The first kappa shape index (κ1) is 18.9. The van der Waals surface area contributed by atoms with Crippen LogP contribution in [-0.2, 0) is 11.3 Å². The quantitative estimate of drug-likeness (QED) is 0.619. The van der Waals surface area contributed by atoms with E-state index in [1.807, 2.05) is 24.3 Å². The number of terminal acetylenes is 1. The van der Waals surface area contributed by atoms with Crippen LogP contribution >= 0.6 is 11.3 Å². The number of hydrogen-bond acceptors (Lipinski definition) is 6. The number of ether oxygens (including phenoxy) is 4. The molecule has 2 aromatic carbocycles. The first-order valence-corrected chi connectivity index (χ1v) is 9.62. The zero-order chi connectivity index (χ0) is 20.4. The highest BCUT2D eigenvalue weighted by Crippen LogP contribution is 2.34. The van der Waals surface area contributed by atoms with Gasteiger partial charge in [0.25, 0.3) is 5.91 Å². The fourth-order valence-electron chi connectivity index (χ4n) is 3.03. The number of carbonyl (C=O) groups is 1. The Morgan fingerprint density at radius 1 is 1.28 bits per heavy atom. The molecule has 0 N–H and O–H groups in total. The van der Waals surface area contributed by atoms with Gasteiger partial charge in [0.2, 0.25) is 6.10 Å². The number of hydrogen-bond donors (Lipinski definition) is 0. The molecule has 0 radical (unpaired) electrons. The van der Waals surface area contributed by atoms with E-state index in [4.69, 9.17) is 25.4 Å². The molecule has 0 fully saturated rings. The van der Waals surface area contributed by atoms with Crippen LogP contribution in [0.5, 0.6) is 23.0 Å². The third-order valence-corrected chi connectivity index (χ3v) is 5.47. The maximum Gasteiger partial charge on any atom is 0.292 e. The fourth-order valence-corrected chi connectivity index (χ4v) is 4.08. The molecule has 0 unspecified atom stereocenters. The van der Waals surface area contributed by atoms with Gasteiger partial charge in [0, 0.05) is 12.1 Å². The second-order valence-corrected chi connectivity index (χ2v) is 7.17. The average Bonchev–Trinajstić information content (AvgIpc) is 3.08. The van der Waals surface area contributed by atoms with Crippen molar-refractivity contribution in [2.24, 2.45) is 4.99 Å². The molecule has 0 bridgehead atoms. The van der Waals surface area contributed by atoms with Gasteiger partial charge >= 0.3 is 0 Å². The van der Waals surface area contributed by atoms with E-state index >= 15 is 0 Å². The van der Waals surface area contributed by atoms with Crippen LogP contribution in [0.15, 0.2) is 41.4 Å². The lowest BCUT2D eigenvalue weighted by Gasteiger charge is -2.23. The van der Waals surface area contributed by atoms with Gasteiger partial charge in [-0.1, -0.05) is 29.4 Å². The maximum absolute atomic E-state index is 12.8. The maximum atomic E-state index is 12.8. The van der Waals surface area contributed by atoms with Gasteiger partial charge in [0.05, 0.1) is 31.0 Å². The summed E-state index contributed by atoms with van der Waals surface area (Å²) < 4.78 is 24.8. The minimum atomic E-state index is -0.821. The number of amides is 1. The predicted octanol–water partition coefficient (Wildman–Crippen LogP) is 2.62. The summed E-state index contributed by atoms with van der Waals surface area (Å²) in [5, 5.41) is 0. The lowest BCUT2D eigenvalue weighted by atomic mass is 10.2. The molecule has 7 nitrogen and oxygen atoms in total. The van der Waals surface area contributed by atoms with Crippen molar-refractivity contribution in [2.75, 3.05) is 20.8 Å². The molecule has 2 heterocycles. The molecule has 0 aliphatic carbocycles. The first-order chi connectivity index (χ1) is 14.1. The van der Waals surface area contributed by atoms with E-state index in [0.29, 0.717) is 27.8 Å².